The van der Waals surface area contributed by atoms with Crippen molar-refractivity contribution in [2.45, 2.75) is 19.9 Å². The van der Waals surface area contributed by atoms with Gasteiger partial charge in [-0.15, -0.1) is 0 Å². The molecular formula is C13H13N5O6. The third kappa shape index (κ3) is 3.29. The molecular weight excluding hydrogens is 322 g/mol. The van der Waals surface area contributed by atoms with Crippen LogP contribution in [0.25, 0.3) is 0 Å². The minimum absolute atomic E-state index is 0.0178. The summed E-state index contributed by atoms with van der Waals surface area (Å²) < 4.78 is 1.13. The van der Waals surface area contributed by atoms with E-state index in [1.807, 2.05) is 0 Å². The number of carbonyl (C=O) groups excluding carboxylic acids is 1. The number of amides is 1. The Balaban J connectivity index is 2.19. The molecule has 126 valence electrons. The molecule has 1 aromatic carbocycles. The first-order valence-electron chi connectivity index (χ1n) is 6.69. The second-order valence-electron chi connectivity index (χ2n) is 4.96. The highest BCUT2D eigenvalue weighted by molar-refractivity contribution is 5.94. The SMILES string of the molecule is Cc1nn(C(C)C(=O)Nc2ccc([N+](=O)[O-])cc2O)cc1[N+](=O)[O-]. The lowest BCUT2D eigenvalue weighted by atomic mass is 10.2. The maximum Gasteiger partial charge on any atom is 0.309 e. The minimum Gasteiger partial charge on any atom is -0.506 e. The highest BCUT2D eigenvalue weighted by Crippen LogP contribution is 2.28. The average Bonchev–Trinajstić information content (AvgIpc) is 2.90. The number of phenols is 1. The van der Waals surface area contributed by atoms with Crippen LogP contribution in [0, 0.1) is 27.2 Å². The zero-order chi connectivity index (χ0) is 18.0. The molecule has 1 unspecified atom stereocenters. The zero-order valence-corrected chi connectivity index (χ0v) is 12.7. The van der Waals surface area contributed by atoms with Crippen molar-refractivity contribution in [1.82, 2.24) is 9.78 Å². The Hall–Kier alpha value is -3.50. The number of phenolic OH excluding ortho intramolecular Hbond substituents is 1. The average molecular weight is 335 g/mol. The molecule has 0 bridgehead atoms. The summed E-state index contributed by atoms with van der Waals surface area (Å²) in [5.74, 6) is -1.07. The van der Waals surface area contributed by atoms with Gasteiger partial charge in [-0.3, -0.25) is 29.7 Å². The molecule has 24 heavy (non-hydrogen) atoms. The lowest BCUT2D eigenvalue weighted by Gasteiger charge is -2.13. The van der Waals surface area contributed by atoms with Gasteiger partial charge in [-0.2, -0.15) is 5.10 Å². The molecule has 1 amide bonds. The van der Waals surface area contributed by atoms with Crippen molar-refractivity contribution in [3.05, 3.63) is 50.3 Å². The largest absolute Gasteiger partial charge is 0.506 e. The minimum atomic E-state index is -0.896. The molecule has 0 radical (unpaired) electrons. The number of non-ortho nitro benzene ring substituents is 1. The van der Waals surface area contributed by atoms with Gasteiger partial charge in [0.2, 0.25) is 5.91 Å². The fourth-order valence-corrected chi connectivity index (χ4v) is 1.95. The molecule has 0 fully saturated rings. The van der Waals surface area contributed by atoms with E-state index in [1.54, 1.807) is 0 Å². The normalized spacial score (nSPS) is 11.8. The molecule has 11 heteroatoms. The standard InChI is InChI=1S/C13H13N5O6/c1-7-11(18(23)24)6-16(15-7)8(2)13(20)14-10-4-3-9(17(21)22)5-12(10)19/h3-6,8,19H,1-2H3,(H,14,20). The van der Waals surface area contributed by atoms with E-state index in [0.717, 1.165) is 23.0 Å². The van der Waals surface area contributed by atoms with E-state index in [9.17, 15) is 30.1 Å². The van der Waals surface area contributed by atoms with Crippen LogP contribution in [0.1, 0.15) is 18.7 Å². The number of carbonyl (C=O) groups is 1. The van der Waals surface area contributed by atoms with Gasteiger partial charge in [0.05, 0.1) is 21.6 Å². The molecule has 2 aromatic rings. The molecule has 2 rings (SSSR count). The highest BCUT2D eigenvalue weighted by Gasteiger charge is 2.23. The van der Waals surface area contributed by atoms with E-state index in [-0.39, 0.29) is 22.8 Å². The van der Waals surface area contributed by atoms with Gasteiger partial charge in [-0.25, -0.2) is 0 Å². The van der Waals surface area contributed by atoms with Crippen molar-refractivity contribution < 1.29 is 19.7 Å². The fourth-order valence-electron chi connectivity index (χ4n) is 1.95. The van der Waals surface area contributed by atoms with Crippen LogP contribution in [0.5, 0.6) is 5.75 Å². The summed E-state index contributed by atoms with van der Waals surface area (Å²) in [6.45, 7) is 2.91. The summed E-state index contributed by atoms with van der Waals surface area (Å²) in [5.41, 5.74) is -0.390. The van der Waals surface area contributed by atoms with Crippen LogP contribution >= 0.6 is 0 Å². The smallest absolute Gasteiger partial charge is 0.309 e. The maximum atomic E-state index is 12.2. The molecule has 1 atom stereocenters. The highest BCUT2D eigenvalue weighted by atomic mass is 16.6. The number of anilines is 1. The van der Waals surface area contributed by atoms with E-state index < -0.39 is 27.5 Å². The molecule has 0 saturated carbocycles. The van der Waals surface area contributed by atoms with Gasteiger partial charge in [0.15, 0.2) is 0 Å². The van der Waals surface area contributed by atoms with Crippen LogP contribution in [0.2, 0.25) is 0 Å². The summed E-state index contributed by atoms with van der Waals surface area (Å²) in [4.78, 5) is 32.3. The summed E-state index contributed by atoms with van der Waals surface area (Å²) in [7, 11) is 0. The number of nitro groups is 2. The van der Waals surface area contributed by atoms with Crippen molar-refractivity contribution in [2.24, 2.45) is 0 Å². The Morgan fingerprint density at radius 1 is 1.33 bits per heavy atom. The van der Waals surface area contributed by atoms with E-state index in [1.165, 1.54) is 19.9 Å². The third-order valence-electron chi connectivity index (χ3n) is 3.31. The van der Waals surface area contributed by atoms with Gasteiger partial charge in [0.25, 0.3) is 5.69 Å². The first kappa shape index (κ1) is 16.9. The molecule has 11 nitrogen and oxygen atoms in total. The Bertz CT molecular complexity index is 830. The lowest BCUT2D eigenvalue weighted by Crippen LogP contribution is -2.24. The number of nitrogens with one attached hydrogen (secondary N) is 1. The topological polar surface area (TPSA) is 153 Å². The second-order valence-corrected chi connectivity index (χ2v) is 4.96. The molecule has 0 aliphatic heterocycles. The van der Waals surface area contributed by atoms with Crippen LogP contribution in [0.4, 0.5) is 17.1 Å². The monoisotopic (exact) mass is 335 g/mol. The summed E-state index contributed by atoms with van der Waals surface area (Å²) in [6.07, 6.45) is 1.13. The van der Waals surface area contributed by atoms with Crippen LogP contribution in [-0.2, 0) is 4.79 Å². The van der Waals surface area contributed by atoms with Crippen LogP contribution < -0.4 is 5.32 Å². The zero-order valence-electron chi connectivity index (χ0n) is 12.7. The van der Waals surface area contributed by atoms with Crippen LogP contribution in [-0.4, -0.2) is 30.6 Å². The van der Waals surface area contributed by atoms with Crippen molar-refractivity contribution in [3.8, 4) is 5.75 Å². The lowest BCUT2D eigenvalue weighted by molar-refractivity contribution is -0.385. The first-order chi connectivity index (χ1) is 11.2. The van der Waals surface area contributed by atoms with E-state index in [4.69, 9.17) is 0 Å². The van der Waals surface area contributed by atoms with Crippen LogP contribution in [0.15, 0.2) is 24.4 Å². The molecule has 0 aliphatic carbocycles. The number of hydrogen-bond donors (Lipinski definition) is 2. The van der Waals surface area contributed by atoms with Gasteiger partial charge in [0, 0.05) is 6.07 Å². The van der Waals surface area contributed by atoms with E-state index >= 15 is 0 Å². The van der Waals surface area contributed by atoms with E-state index in [2.05, 4.69) is 10.4 Å². The number of nitrogens with zero attached hydrogens (tertiary/aromatic N) is 4. The van der Waals surface area contributed by atoms with Gasteiger partial charge in [0.1, 0.15) is 23.7 Å². The summed E-state index contributed by atoms with van der Waals surface area (Å²) in [5, 5.41) is 37.5. The number of aromatic nitrogens is 2. The molecule has 0 saturated heterocycles. The van der Waals surface area contributed by atoms with E-state index in [0.29, 0.717) is 0 Å². The van der Waals surface area contributed by atoms with Gasteiger partial charge < -0.3 is 10.4 Å². The Morgan fingerprint density at radius 3 is 2.50 bits per heavy atom. The molecule has 1 aromatic heterocycles. The fraction of sp³-hybridized carbons (Fsp3) is 0.231. The Morgan fingerprint density at radius 2 is 2.00 bits per heavy atom. The number of rotatable bonds is 5. The van der Waals surface area contributed by atoms with Crippen molar-refractivity contribution in [2.75, 3.05) is 5.32 Å². The Kier molecular flexibility index (Phi) is 4.44. The summed E-state index contributed by atoms with van der Waals surface area (Å²) >= 11 is 0. The number of hydrogen-bond acceptors (Lipinski definition) is 7. The number of aromatic hydroxyl groups is 1. The maximum absolute atomic E-state index is 12.2. The first-order valence-corrected chi connectivity index (χ1v) is 6.69. The van der Waals surface area contributed by atoms with Crippen molar-refractivity contribution in [1.29, 1.82) is 0 Å². The number of benzene rings is 1. The third-order valence-corrected chi connectivity index (χ3v) is 3.31. The van der Waals surface area contributed by atoms with Crippen molar-refractivity contribution in [3.63, 3.8) is 0 Å². The number of nitro benzene ring substituents is 1. The van der Waals surface area contributed by atoms with Crippen molar-refractivity contribution >= 4 is 23.0 Å². The Labute approximate surface area is 134 Å². The molecule has 2 N–H and O–H groups in total. The quantitative estimate of drug-likeness (QED) is 0.480. The predicted octanol–water partition coefficient (Wildman–Crippen LogP) is 1.91. The predicted molar refractivity (Wildman–Crippen MR) is 81.7 cm³/mol. The van der Waals surface area contributed by atoms with Gasteiger partial charge in [-0.05, 0) is 19.9 Å². The molecule has 0 aliphatic rings. The summed E-state index contributed by atoms with van der Waals surface area (Å²) in [6, 6.07) is 2.33. The van der Waals surface area contributed by atoms with Gasteiger partial charge in [-0.1, -0.05) is 0 Å². The van der Waals surface area contributed by atoms with Crippen LogP contribution in [0.3, 0.4) is 0 Å². The van der Waals surface area contributed by atoms with Gasteiger partial charge >= 0.3 is 5.69 Å². The number of aryl methyl sites for hydroxylation is 1. The molecule has 0 spiro atoms. The molecule has 1 heterocycles. The second kappa shape index (κ2) is 6.32.